The highest BCUT2D eigenvalue weighted by Gasteiger charge is 2.10. The Morgan fingerprint density at radius 1 is 0.947 bits per heavy atom. The van der Waals surface area contributed by atoms with E-state index in [-0.39, 0.29) is 6.15 Å². The molecule has 0 aromatic heterocycles. The molecule has 0 aliphatic carbocycles. The molecule has 0 heterocycles. The fraction of sp³-hybridized carbons (Fsp3) is 0.133. The van der Waals surface area contributed by atoms with E-state index in [1.165, 1.54) is 0 Å². The lowest BCUT2D eigenvalue weighted by Gasteiger charge is -2.04. The third kappa shape index (κ3) is 7.70. The number of carboxylic acids is 1. The number of benzene rings is 2. The van der Waals surface area contributed by atoms with Gasteiger partial charge in [0.05, 0.1) is 0 Å². The summed E-state index contributed by atoms with van der Waals surface area (Å²) in [6, 6.07) is 20.5. The minimum Gasteiger partial charge on any atom is -0.480 e. The maximum absolute atomic E-state index is 10.4. The first kappa shape index (κ1) is 16.8. The Labute approximate surface area is 113 Å². The topological polar surface area (TPSA) is 98.3 Å². The van der Waals surface area contributed by atoms with Crippen molar-refractivity contribution >= 4 is 5.97 Å². The van der Waals surface area contributed by atoms with Gasteiger partial charge in [-0.1, -0.05) is 66.7 Å². The van der Waals surface area contributed by atoms with Crippen LogP contribution in [0.2, 0.25) is 0 Å². The molecular weight excluding hydrogens is 240 g/mol. The molecule has 4 heteroatoms. The predicted molar refractivity (Wildman–Crippen MR) is 77.2 cm³/mol. The molecule has 0 saturated carbocycles. The second-order valence-corrected chi connectivity index (χ2v) is 3.79. The van der Waals surface area contributed by atoms with Crippen LogP contribution in [0.15, 0.2) is 66.7 Å². The molecule has 2 aromatic carbocycles. The minimum absolute atomic E-state index is 0. The molecule has 0 aliphatic rings. The van der Waals surface area contributed by atoms with Crippen LogP contribution in [0.5, 0.6) is 0 Å². The number of carbonyl (C=O) groups is 1. The molecule has 2 aromatic rings. The minimum atomic E-state index is -0.959. The van der Waals surface area contributed by atoms with E-state index in [0.29, 0.717) is 6.42 Å². The van der Waals surface area contributed by atoms with Crippen LogP contribution in [-0.2, 0) is 11.2 Å². The lowest BCUT2D eigenvalue weighted by Crippen LogP contribution is -2.32. The van der Waals surface area contributed by atoms with Crippen molar-refractivity contribution in [1.29, 1.82) is 0 Å². The predicted octanol–water partition coefficient (Wildman–Crippen LogP) is 2.49. The molecule has 0 bridgehead atoms. The number of hydrogen-bond donors (Lipinski definition) is 3. The van der Waals surface area contributed by atoms with Crippen LogP contribution in [0.25, 0.3) is 0 Å². The van der Waals surface area contributed by atoms with Crippen LogP contribution in [0, 0.1) is 0 Å². The highest BCUT2D eigenvalue weighted by Crippen LogP contribution is 2.01. The summed E-state index contributed by atoms with van der Waals surface area (Å²) in [6.45, 7) is 0. The van der Waals surface area contributed by atoms with Crippen molar-refractivity contribution in [3.8, 4) is 0 Å². The molecule has 1 atom stereocenters. The maximum Gasteiger partial charge on any atom is 0.320 e. The molecule has 0 fully saturated rings. The standard InChI is InChI=1S/C9H11NO2.C6H6.H3N/c10-8(9(11)12)6-7-4-2-1-3-5-7;1-2-4-6-5-3-1;/h1-5,8H,6,10H2,(H,11,12);1-6H;1H3. The van der Waals surface area contributed by atoms with Crippen LogP contribution in [0.3, 0.4) is 0 Å². The number of carboxylic acid groups (broad SMARTS) is 1. The molecule has 4 nitrogen and oxygen atoms in total. The SMILES string of the molecule is N.NC(Cc1ccccc1)C(=O)O.c1ccccc1. The zero-order valence-corrected chi connectivity index (χ0v) is 10.8. The van der Waals surface area contributed by atoms with Crippen molar-refractivity contribution in [2.24, 2.45) is 5.73 Å². The summed E-state index contributed by atoms with van der Waals surface area (Å²) in [6.07, 6.45) is 0.385. The van der Waals surface area contributed by atoms with E-state index in [4.69, 9.17) is 10.8 Å². The third-order valence-electron chi connectivity index (χ3n) is 2.28. The summed E-state index contributed by atoms with van der Waals surface area (Å²) < 4.78 is 0. The van der Waals surface area contributed by atoms with Gasteiger partial charge in [0.2, 0.25) is 0 Å². The van der Waals surface area contributed by atoms with Gasteiger partial charge in [-0.15, -0.1) is 0 Å². The summed E-state index contributed by atoms with van der Waals surface area (Å²) in [5, 5.41) is 8.52. The first-order valence-corrected chi connectivity index (χ1v) is 5.72. The van der Waals surface area contributed by atoms with Crippen LogP contribution in [0.1, 0.15) is 5.56 Å². The number of aliphatic carboxylic acids is 1. The first-order chi connectivity index (χ1) is 8.70. The van der Waals surface area contributed by atoms with E-state index in [1.807, 2.05) is 66.7 Å². The van der Waals surface area contributed by atoms with Crippen molar-refractivity contribution in [3.63, 3.8) is 0 Å². The van der Waals surface area contributed by atoms with Gasteiger partial charge in [0.25, 0.3) is 0 Å². The maximum atomic E-state index is 10.4. The lowest BCUT2D eigenvalue weighted by atomic mass is 10.1. The normalized spacial score (nSPS) is 10.4. The van der Waals surface area contributed by atoms with Gasteiger partial charge in [-0.2, -0.15) is 0 Å². The molecule has 0 radical (unpaired) electrons. The van der Waals surface area contributed by atoms with Crippen LogP contribution >= 0.6 is 0 Å². The van der Waals surface area contributed by atoms with E-state index >= 15 is 0 Å². The van der Waals surface area contributed by atoms with Gasteiger partial charge in [-0.3, -0.25) is 4.79 Å². The summed E-state index contributed by atoms with van der Waals surface area (Å²) in [5.41, 5.74) is 6.30. The van der Waals surface area contributed by atoms with Gasteiger partial charge in [-0.05, 0) is 12.0 Å². The number of hydrogen-bond acceptors (Lipinski definition) is 3. The molecule has 2 rings (SSSR count). The Bertz CT molecular complexity index is 420. The van der Waals surface area contributed by atoms with Crippen molar-refractivity contribution in [2.45, 2.75) is 12.5 Å². The fourth-order valence-corrected chi connectivity index (χ4v) is 1.34. The van der Waals surface area contributed by atoms with Crippen molar-refractivity contribution < 1.29 is 9.90 Å². The molecule has 0 aliphatic heterocycles. The lowest BCUT2D eigenvalue weighted by molar-refractivity contribution is -0.138. The van der Waals surface area contributed by atoms with Crippen LogP contribution in [-0.4, -0.2) is 17.1 Å². The van der Waals surface area contributed by atoms with Crippen molar-refractivity contribution in [2.75, 3.05) is 0 Å². The zero-order chi connectivity index (χ0) is 13.2. The Kier molecular flexibility index (Phi) is 8.70. The molecule has 0 amide bonds. The van der Waals surface area contributed by atoms with Crippen molar-refractivity contribution in [3.05, 3.63) is 72.3 Å². The Hall–Kier alpha value is -2.17. The summed E-state index contributed by atoms with van der Waals surface area (Å²) in [7, 11) is 0. The summed E-state index contributed by atoms with van der Waals surface area (Å²) in [5.74, 6) is -0.959. The van der Waals surface area contributed by atoms with Gasteiger partial charge in [0, 0.05) is 0 Å². The van der Waals surface area contributed by atoms with Gasteiger partial charge >= 0.3 is 5.97 Å². The first-order valence-electron chi connectivity index (χ1n) is 5.72. The van der Waals surface area contributed by atoms with Gasteiger partial charge < -0.3 is 17.0 Å². The average molecular weight is 260 g/mol. The Balaban J connectivity index is 0.000000392. The second-order valence-electron chi connectivity index (χ2n) is 3.79. The Morgan fingerprint density at radius 2 is 1.32 bits per heavy atom. The highest BCUT2D eigenvalue weighted by molar-refractivity contribution is 5.73. The summed E-state index contributed by atoms with van der Waals surface area (Å²) >= 11 is 0. The number of nitrogens with two attached hydrogens (primary N) is 1. The number of rotatable bonds is 3. The molecular formula is C15H20N2O2. The van der Waals surface area contributed by atoms with E-state index in [9.17, 15) is 4.79 Å². The van der Waals surface area contributed by atoms with Gasteiger partial charge in [0.15, 0.2) is 0 Å². The highest BCUT2D eigenvalue weighted by atomic mass is 16.4. The van der Waals surface area contributed by atoms with Gasteiger partial charge in [0.1, 0.15) is 6.04 Å². The van der Waals surface area contributed by atoms with E-state index in [2.05, 4.69) is 0 Å². The largest absolute Gasteiger partial charge is 0.480 e. The zero-order valence-electron chi connectivity index (χ0n) is 10.8. The third-order valence-corrected chi connectivity index (χ3v) is 2.28. The molecule has 1 unspecified atom stereocenters. The van der Waals surface area contributed by atoms with Crippen LogP contribution < -0.4 is 11.9 Å². The molecule has 19 heavy (non-hydrogen) atoms. The molecule has 0 saturated heterocycles. The van der Waals surface area contributed by atoms with Crippen molar-refractivity contribution in [1.82, 2.24) is 6.15 Å². The molecule has 6 N–H and O–H groups in total. The fourth-order valence-electron chi connectivity index (χ4n) is 1.34. The Morgan fingerprint density at radius 3 is 1.68 bits per heavy atom. The monoisotopic (exact) mass is 260 g/mol. The second kappa shape index (κ2) is 9.82. The van der Waals surface area contributed by atoms with E-state index < -0.39 is 12.0 Å². The van der Waals surface area contributed by atoms with Crippen LogP contribution in [0.4, 0.5) is 0 Å². The average Bonchev–Trinajstić information content (AvgIpc) is 2.42. The molecule has 0 spiro atoms. The van der Waals surface area contributed by atoms with Gasteiger partial charge in [-0.25, -0.2) is 0 Å². The quantitative estimate of drug-likeness (QED) is 0.789. The van der Waals surface area contributed by atoms with E-state index in [0.717, 1.165) is 5.56 Å². The summed E-state index contributed by atoms with van der Waals surface area (Å²) in [4.78, 5) is 10.4. The van der Waals surface area contributed by atoms with E-state index in [1.54, 1.807) is 0 Å². The smallest absolute Gasteiger partial charge is 0.320 e. The molecule has 102 valence electrons.